The highest BCUT2D eigenvalue weighted by Gasteiger charge is 2.36. The molecule has 0 spiro atoms. The van der Waals surface area contributed by atoms with E-state index in [4.69, 9.17) is 4.74 Å². The van der Waals surface area contributed by atoms with Crippen LogP contribution in [0, 0.1) is 0 Å². The lowest BCUT2D eigenvalue weighted by molar-refractivity contribution is 0.296. The van der Waals surface area contributed by atoms with Crippen molar-refractivity contribution in [1.82, 2.24) is 0 Å². The first-order chi connectivity index (χ1) is 12.8. The largest absolute Gasteiger partial charge is 0.497 e. The molecule has 0 aliphatic heterocycles. The zero-order valence-corrected chi connectivity index (χ0v) is 15.8. The van der Waals surface area contributed by atoms with Gasteiger partial charge in [-0.25, -0.2) is 0 Å². The summed E-state index contributed by atoms with van der Waals surface area (Å²) >= 11 is 1.87. The van der Waals surface area contributed by atoms with Gasteiger partial charge in [0, 0.05) is 6.61 Å². The van der Waals surface area contributed by atoms with Crippen molar-refractivity contribution in [3.05, 3.63) is 102 Å². The molecule has 0 atom stereocenters. The minimum atomic E-state index is -0.329. The number of ether oxygens (including phenoxy) is 1. The first-order valence-electron chi connectivity index (χ1n) is 8.81. The van der Waals surface area contributed by atoms with E-state index in [1.165, 1.54) is 16.7 Å². The molecule has 3 aromatic rings. The molecule has 0 radical (unpaired) electrons. The van der Waals surface area contributed by atoms with Crippen LogP contribution in [0.2, 0.25) is 0 Å². The highest BCUT2D eigenvalue weighted by Crippen LogP contribution is 2.48. The molecule has 0 saturated heterocycles. The number of methoxy groups -OCH3 is 1. The summed E-state index contributed by atoms with van der Waals surface area (Å²) in [5.41, 5.74) is 3.68. The summed E-state index contributed by atoms with van der Waals surface area (Å²) in [5, 5.41) is 9.31. The first-order valence-corrected chi connectivity index (χ1v) is 9.80. The Kier molecular flexibility index (Phi) is 6.37. The molecule has 0 bridgehead atoms. The average Bonchev–Trinajstić information content (AvgIpc) is 2.73. The first kappa shape index (κ1) is 18.6. The Morgan fingerprint density at radius 1 is 0.769 bits per heavy atom. The SMILES string of the molecule is COc1ccc(C(SCCCO)(c2ccccc2)c2ccccc2)cc1. The Labute approximate surface area is 159 Å². The van der Waals surface area contributed by atoms with Gasteiger partial charge in [-0.2, -0.15) is 0 Å². The smallest absolute Gasteiger partial charge is 0.118 e. The van der Waals surface area contributed by atoms with Crippen molar-refractivity contribution in [2.75, 3.05) is 19.5 Å². The van der Waals surface area contributed by atoms with Crippen LogP contribution in [0.15, 0.2) is 84.9 Å². The number of aliphatic hydroxyl groups is 1. The van der Waals surface area contributed by atoms with Crippen LogP contribution in [0.25, 0.3) is 0 Å². The Bertz CT molecular complexity index is 746. The summed E-state index contributed by atoms with van der Waals surface area (Å²) in [7, 11) is 1.69. The quantitative estimate of drug-likeness (QED) is 0.445. The molecule has 3 rings (SSSR count). The summed E-state index contributed by atoms with van der Waals surface area (Å²) < 4.78 is 5.02. The molecule has 0 fully saturated rings. The summed E-state index contributed by atoms with van der Waals surface area (Å²) in [6.07, 6.45) is 0.766. The van der Waals surface area contributed by atoms with Crippen molar-refractivity contribution in [3.8, 4) is 5.75 Å². The van der Waals surface area contributed by atoms with E-state index >= 15 is 0 Å². The fraction of sp³-hybridized carbons (Fsp3) is 0.217. The van der Waals surface area contributed by atoms with E-state index in [0.29, 0.717) is 0 Å². The molecule has 26 heavy (non-hydrogen) atoms. The van der Waals surface area contributed by atoms with E-state index in [0.717, 1.165) is 17.9 Å². The number of benzene rings is 3. The number of aliphatic hydroxyl groups excluding tert-OH is 1. The van der Waals surface area contributed by atoms with Gasteiger partial charge in [-0.3, -0.25) is 0 Å². The fourth-order valence-electron chi connectivity index (χ4n) is 3.21. The predicted molar refractivity (Wildman–Crippen MR) is 110 cm³/mol. The second-order valence-electron chi connectivity index (χ2n) is 6.07. The third kappa shape index (κ3) is 3.79. The lowest BCUT2D eigenvalue weighted by Gasteiger charge is -2.35. The Morgan fingerprint density at radius 3 is 1.73 bits per heavy atom. The number of hydrogen-bond donors (Lipinski definition) is 1. The van der Waals surface area contributed by atoms with Gasteiger partial charge in [0.25, 0.3) is 0 Å². The third-order valence-electron chi connectivity index (χ3n) is 4.48. The van der Waals surface area contributed by atoms with Crippen LogP contribution in [0.3, 0.4) is 0 Å². The average molecular weight is 365 g/mol. The molecule has 0 aliphatic carbocycles. The molecule has 0 saturated carbocycles. The van der Waals surface area contributed by atoms with Crippen LogP contribution in [0.1, 0.15) is 23.1 Å². The molecular weight excluding hydrogens is 340 g/mol. The molecule has 0 heterocycles. The van der Waals surface area contributed by atoms with Gasteiger partial charge in [-0.15, -0.1) is 11.8 Å². The number of hydrogen-bond acceptors (Lipinski definition) is 3. The molecule has 3 heteroatoms. The maximum atomic E-state index is 9.31. The van der Waals surface area contributed by atoms with Gasteiger partial charge >= 0.3 is 0 Å². The monoisotopic (exact) mass is 364 g/mol. The number of rotatable bonds is 8. The van der Waals surface area contributed by atoms with Crippen LogP contribution in [0.4, 0.5) is 0 Å². The van der Waals surface area contributed by atoms with Gasteiger partial charge in [0.2, 0.25) is 0 Å². The van der Waals surface area contributed by atoms with Gasteiger partial charge in [-0.05, 0) is 41.0 Å². The number of thioether (sulfide) groups is 1. The molecule has 0 aromatic heterocycles. The van der Waals surface area contributed by atoms with E-state index in [1.807, 2.05) is 36.0 Å². The van der Waals surface area contributed by atoms with Gasteiger partial charge in [-0.1, -0.05) is 72.8 Å². The minimum absolute atomic E-state index is 0.204. The van der Waals surface area contributed by atoms with Crippen LogP contribution < -0.4 is 4.74 Å². The molecule has 3 aromatic carbocycles. The zero-order valence-electron chi connectivity index (χ0n) is 15.0. The Morgan fingerprint density at radius 2 is 1.27 bits per heavy atom. The van der Waals surface area contributed by atoms with E-state index < -0.39 is 0 Å². The topological polar surface area (TPSA) is 29.5 Å². The minimum Gasteiger partial charge on any atom is -0.497 e. The van der Waals surface area contributed by atoms with Crippen LogP contribution in [-0.2, 0) is 4.75 Å². The highest BCUT2D eigenvalue weighted by atomic mass is 32.2. The van der Waals surface area contributed by atoms with Crippen molar-refractivity contribution in [2.24, 2.45) is 0 Å². The van der Waals surface area contributed by atoms with Gasteiger partial charge < -0.3 is 9.84 Å². The second-order valence-corrected chi connectivity index (χ2v) is 7.38. The predicted octanol–water partition coefficient (Wildman–Crippen LogP) is 5.10. The third-order valence-corrected chi connectivity index (χ3v) is 6.11. The van der Waals surface area contributed by atoms with Gasteiger partial charge in [0.1, 0.15) is 5.75 Å². The highest BCUT2D eigenvalue weighted by molar-refractivity contribution is 8.00. The van der Waals surface area contributed by atoms with Crippen molar-refractivity contribution in [3.63, 3.8) is 0 Å². The van der Waals surface area contributed by atoms with Gasteiger partial charge in [0.05, 0.1) is 11.9 Å². The lowest BCUT2D eigenvalue weighted by Crippen LogP contribution is -2.26. The molecule has 0 aliphatic rings. The van der Waals surface area contributed by atoms with Crippen molar-refractivity contribution in [1.29, 1.82) is 0 Å². The molecule has 2 nitrogen and oxygen atoms in total. The van der Waals surface area contributed by atoms with Crippen molar-refractivity contribution in [2.45, 2.75) is 11.2 Å². The molecule has 0 amide bonds. The van der Waals surface area contributed by atoms with E-state index in [1.54, 1.807) is 7.11 Å². The maximum Gasteiger partial charge on any atom is 0.118 e. The summed E-state index contributed by atoms with van der Waals surface area (Å²) in [6, 6.07) is 29.5. The molecule has 0 unspecified atom stereocenters. The molecule has 134 valence electrons. The molecule has 1 N–H and O–H groups in total. The standard InChI is InChI=1S/C23H24O2S/c1-25-22-15-13-21(14-16-22)23(26-18-8-17-24,19-9-4-2-5-10-19)20-11-6-3-7-12-20/h2-7,9-16,24H,8,17-18H2,1H3. The Hall–Kier alpha value is -2.23. The van der Waals surface area contributed by atoms with Crippen LogP contribution in [-0.4, -0.2) is 24.6 Å². The van der Waals surface area contributed by atoms with Gasteiger partial charge in [0.15, 0.2) is 0 Å². The summed E-state index contributed by atoms with van der Waals surface area (Å²) in [5.74, 6) is 1.72. The zero-order chi connectivity index (χ0) is 18.2. The normalized spacial score (nSPS) is 11.3. The Balaban J connectivity index is 2.19. The van der Waals surface area contributed by atoms with E-state index in [9.17, 15) is 5.11 Å². The van der Waals surface area contributed by atoms with E-state index in [2.05, 4.69) is 60.7 Å². The summed E-state index contributed by atoms with van der Waals surface area (Å²) in [6.45, 7) is 0.204. The lowest BCUT2D eigenvalue weighted by atomic mass is 9.84. The van der Waals surface area contributed by atoms with Crippen LogP contribution in [0.5, 0.6) is 5.75 Å². The van der Waals surface area contributed by atoms with Crippen molar-refractivity contribution >= 4 is 11.8 Å². The van der Waals surface area contributed by atoms with Crippen LogP contribution >= 0.6 is 11.8 Å². The second kappa shape index (κ2) is 8.93. The fourth-order valence-corrected chi connectivity index (χ4v) is 4.70. The molecular formula is C23H24O2S. The summed E-state index contributed by atoms with van der Waals surface area (Å²) in [4.78, 5) is 0. The maximum absolute atomic E-state index is 9.31. The van der Waals surface area contributed by atoms with Crippen molar-refractivity contribution < 1.29 is 9.84 Å². The van der Waals surface area contributed by atoms with E-state index in [-0.39, 0.29) is 11.4 Å².